The van der Waals surface area contributed by atoms with Crippen molar-refractivity contribution in [3.05, 3.63) is 27.1 Å². The van der Waals surface area contributed by atoms with Gasteiger partial charge < -0.3 is 5.32 Å². The normalized spacial score (nSPS) is 23.1. The fourth-order valence-electron chi connectivity index (χ4n) is 4.30. The molecule has 3 rings (SSSR count). The summed E-state index contributed by atoms with van der Waals surface area (Å²) in [6.07, 6.45) is 5.36. The lowest BCUT2D eigenvalue weighted by Crippen LogP contribution is -2.45. The smallest absolute Gasteiger partial charge is 0.262 e. The van der Waals surface area contributed by atoms with E-state index in [-0.39, 0.29) is 17.5 Å². The molecule has 1 saturated carbocycles. The van der Waals surface area contributed by atoms with E-state index in [0.29, 0.717) is 36.1 Å². The zero-order chi connectivity index (χ0) is 19.7. The van der Waals surface area contributed by atoms with E-state index in [1.165, 1.54) is 12.8 Å². The Hall–Kier alpha value is -1.69. The topological polar surface area (TPSA) is 64.0 Å². The predicted octanol–water partition coefficient (Wildman–Crippen LogP) is 4.04. The number of aryl methyl sites for hydroxylation is 3. The molecule has 1 aliphatic rings. The molecule has 2 heterocycles. The molecule has 1 aliphatic carbocycles. The summed E-state index contributed by atoms with van der Waals surface area (Å²) in [4.78, 5) is 31.6. The molecule has 0 aromatic carbocycles. The Morgan fingerprint density at radius 3 is 2.81 bits per heavy atom. The number of hydrogen-bond acceptors (Lipinski definition) is 4. The second kappa shape index (κ2) is 8.13. The van der Waals surface area contributed by atoms with Crippen LogP contribution in [-0.2, 0) is 11.3 Å². The van der Waals surface area contributed by atoms with Crippen LogP contribution in [-0.4, -0.2) is 21.5 Å². The van der Waals surface area contributed by atoms with E-state index in [2.05, 4.69) is 31.1 Å². The third-order valence-corrected chi connectivity index (χ3v) is 7.22. The average Bonchev–Trinajstić information content (AvgIpc) is 2.89. The van der Waals surface area contributed by atoms with Crippen LogP contribution in [0.5, 0.6) is 0 Å². The van der Waals surface area contributed by atoms with Crippen molar-refractivity contribution in [2.75, 3.05) is 0 Å². The van der Waals surface area contributed by atoms with Crippen molar-refractivity contribution in [3.63, 3.8) is 0 Å². The van der Waals surface area contributed by atoms with Gasteiger partial charge in [0.1, 0.15) is 4.83 Å². The fourth-order valence-corrected chi connectivity index (χ4v) is 5.29. The number of nitrogens with zero attached hydrogens (tertiary/aromatic N) is 2. The van der Waals surface area contributed by atoms with Crippen molar-refractivity contribution >= 4 is 27.5 Å². The van der Waals surface area contributed by atoms with Gasteiger partial charge in [-0.05, 0) is 50.0 Å². The molecular formula is C21H31N3O2S. The highest BCUT2D eigenvalue weighted by Crippen LogP contribution is 2.33. The minimum atomic E-state index is -0.0407. The summed E-state index contributed by atoms with van der Waals surface area (Å²) in [5, 5.41) is 3.95. The molecule has 6 heteroatoms. The van der Waals surface area contributed by atoms with Gasteiger partial charge >= 0.3 is 0 Å². The van der Waals surface area contributed by atoms with Gasteiger partial charge in [0.2, 0.25) is 5.91 Å². The van der Waals surface area contributed by atoms with E-state index in [1.807, 2.05) is 13.8 Å². The molecule has 148 valence electrons. The van der Waals surface area contributed by atoms with Gasteiger partial charge in [-0.3, -0.25) is 14.2 Å². The largest absolute Gasteiger partial charge is 0.353 e. The van der Waals surface area contributed by atoms with Crippen LogP contribution in [0, 0.1) is 31.6 Å². The number of thiophene rings is 1. The lowest BCUT2D eigenvalue weighted by molar-refractivity contribution is -0.122. The Kier molecular flexibility index (Phi) is 6.04. The van der Waals surface area contributed by atoms with Crippen molar-refractivity contribution < 1.29 is 4.79 Å². The van der Waals surface area contributed by atoms with E-state index < -0.39 is 0 Å². The van der Waals surface area contributed by atoms with Gasteiger partial charge in [-0.25, -0.2) is 4.98 Å². The Balaban J connectivity index is 1.67. The third kappa shape index (κ3) is 4.26. The number of nitrogens with one attached hydrogen (secondary N) is 1. The number of amides is 1. The van der Waals surface area contributed by atoms with Crippen LogP contribution in [0.1, 0.15) is 56.9 Å². The van der Waals surface area contributed by atoms with Crippen LogP contribution >= 0.6 is 11.3 Å². The molecule has 2 aromatic heterocycles. The molecule has 1 fully saturated rings. The molecule has 0 spiro atoms. The maximum Gasteiger partial charge on any atom is 0.262 e. The minimum Gasteiger partial charge on any atom is -0.353 e. The maximum absolute atomic E-state index is 12.7. The molecule has 27 heavy (non-hydrogen) atoms. The first-order valence-electron chi connectivity index (χ1n) is 10.0. The van der Waals surface area contributed by atoms with Crippen molar-refractivity contribution in [3.8, 4) is 0 Å². The number of carbonyl (C=O) groups is 1. The Morgan fingerprint density at radius 2 is 2.11 bits per heavy atom. The Morgan fingerprint density at radius 1 is 1.37 bits per heavy atom. The SMILES string of the molecule is Cc1sc2ncn(CCC(=O)NC3CC(C)CCC3C(C)C)c(=O)c2c1C. The number of hydrogen-bond donors (Lipinski definition) is 1. The zero-order valence-corrected chi connectivity index (χ0v) is 17.9. The molecule has 0 saturated heterocycles. The van der Waals surface area contributed by atoms with Crippen LogP contribution in [0.15, 0.2) is 11.1 Å². The molecule has 3 unspecified atom stereocenters. The van der Waals surface area contributed by atoms with Crippen molar-refractivity contribution in [2.45, 2.75) is 72.9 Å². The summed E-state index contributed by atoms with van der Waals surface area (Å²) >= 11 is 1.55. The fraction of sp³-hybridized carbons (Fsp3) is 0.667. The monoisotopic (exact) mass is 389 g/mol. The molecule has 2 aromatic rings. The van der Waals surface area contributed by atoms with Gasteiger partial charge in [0, 0.05) is 23.9 Å². The molecule has 0 radical (unpaired) electrons. The highest BCUT2D eigenvalue weighted by atomic mass is 32.1. The summed E-state index contributed by atoms with van der Waals surface area (Å²) in [6.45, 7) is 11.1. The van der Waals surface area contributed by atoms with E-state index in [4.69, 9.17) is 0 Å². The van der Waals surface area contributed by atoms with Crippen LogP contribution < -0.4 is 10.9 Å². The highest BCUT2D eigenvalue weighted by Gasteiger charge is 2.31. The van der Waals surface area contributed by atoms with Crippen LogP contribution in [0.25, 0.3) is 10.2 Å². The number of carbonyl (C=O) groups excluding carboxylic acids is 1. The summed E-state index contributed by atoms with van der Waals surface area (Å²) in [7, 11) is 0. The minimum absolute atomic E-state index is 0.0324. The van der Waals surface area contributed by atoms with E-state index in [0.717, 1.165) is 21.7 Å². The predicted molar refractivity (Wildman–Crippen MR) is 111 cm³/mol. The molecule has 5 nitrogen and oxygen atoms in total. The standard InChI is InChI=1S/C21H31N3O2S/c1-12(2)16-7-6-13(3)10-17(16)23-18(25)8-9-24-11-22-20-19(21(24)26)14(4)15(5)27-20/h11-13,16-17H,6-10H2,1-5H3,(H,23,25). The van der Waals surface area contributed by atoms with Crippen LogP contribution in [0.2, 0.25) is 0 Å². The Bertz CT molecular complexity index is 883. The number of rotatable bonds is 5. The molecular weight excluding hydrogens is 358 g/mol. The summed E-state index contributed by atoms with van der Waals surface area (Å²) in [5.41, 5.74) is 0.961. The lowest BCUT2D eigenvalue weighted by Gasteiger charge is -2.37. The van der Waals surface area contributed by atoms with Crippen LogP contribution in [0.3, 0.4) is 0 Å². The van der Waals surface area contributed by atoms with Gasteiger partial charge in [-0.2, -0.15) is 0 Å². The second-order valence-corrected chi connectivity index (χ2v) is 9.66. The first-order chi connectivity index (χ1) is 12.8. The lowest BCUT2D eigenvalue weighted by atomic mass is 9.74. The quantitative estimate of drug-likeness (QED) is 0.839. The number of fused-ring (bicyclic) bond motifs is 1. The van der Waals surface area contributed by atoms with E-state index >= 15 is 0 Å². The van der Waals surface area contributed by atoms with Gasteiger partial charge in [0.25, 0.3) is 5.56 Å². The van der Waals surface area contributed by atoms with Gasteiger partial charge in [0.15, 0.2) is 0 Å². The molecule has 3 atom stereocenters. The molecule has 0 aliphatic heterocycles. The van der Waals surface area contributed by atoms with Gasteiger partial charge in [-0.1, -0.05) is 27.2 Å². The zero-order valence-electron chi connectivity index (χ0n) is 17.0. The first kappa shape index (κ1) is 20.1. The molecule has 0 bridgehead atoms. The van der Waals surface area contributed by atoms with Gasteiger partial charge in [-0.15, -0.1) is 11.3 Å². The maximum atomic E-state index is 12.7. The summed E-state index contributed by atoms with van der Waals surface area (Å²) in [6, 6.07) is 0.250. The average molecular weight is 390 g/mol. The van der Waals surface area contributed by atoms with E-state index in [9.17, 15) is 9.59 Å². The van der Waals surface area contributed by atoms with Crippen molar-refractivity contribution in [1.82, 2.24) is 14.9 Å². The molecule has 1 amide bonds. The van der Waals surface area contributed by atoms with Gasteiger partial charge in [0.05, 0.1) is 11.7 Å². The number of aromatic nitrogens is 2. The van der Waals surface area contributed by atoms with Crippen molar-refractivity contribution in [2.24, 2.45) is 17.8 Å². The molecule has 1 N–H and O–H groups in total. The Labute approximate surface area is 165 Å². The van der Waals surface area contributed by atoms with Crippen molar-refractivity contribution in [1.29, 1.82) is 0 Å². The second-order valence-electron chi connectivity index (χ2n) is 8.46. The van der Waals surface area contributed by atoms with Crippen LogP contribution in [0.4, 0.5) is 0 Å². The first-order valence-corrected chi connectivity index (χ1v) is 10.8. The summed E-state index contributed by atoms with van der Waals surface area (Å²) in [5.74, 6) is 1.80. The van der Waals surface area contributed by atoms with E-state index in [1.54, 1.807) is 22.2 Å². The summed E-state index contributed by atoms with van der Waals surface area (Å²) < 4.78 is 1.57. The third-order valence-electron chi connectivity index (χ3n) is 6.10. The highest BCUT2D eigenvalue weighted by molar-refractivity contribution is 7.18.